The van der Waals surface area contributed by atoms with Crippen LogP contribution < -0.4 is 15.6 Å². The first-order valence-corrected chi connectivity index (χ1v) is 5.23. The quantitative estimate of drug-likeness (QED) is 0.774. The first-order chi connectivity index (χ1) is 8.11. The molecule has 0 spiro atoms. The zero-order chi connectivity index (χ0) is 12.4. The summed E-state index contributed by atoms with van der Waals surface area (Å²) in [6, 6.07) is 0. The predicted octanol–water partition coefficient (Wildman–Crippen LogP) is 0.0137. The van der Waals surface area contributed by atoms with Gasteiger partial charge in [-0.3, -0.25) is 9.36 Å². The molecule has 1 aromatic heterocycles. The Bertz CT molecular complexity index is 502. The second kappa shape index (κ2) is 4.62. The smallest absolute Gasteiger partial charge is 0.407 e. The fourth-order valence-electron chi connectivity index (χ4n) is 1.50. The van der Waals surface area contributed by atoms with E-state index in [1.807, 2.05) is 0 Å². The second-order valence-electron chi connectivity index (χ2n) is 3.43. The zero-order valence-corrected chi connectivity index (χ0v) is 9.73. The van der Waals surface area contributed by atoms with Gasteiger partial charge in [0.1, 0.15) is 6.10 Å². The Morgan fingerprint density at radius 3 is 3.06 bits per heavy atom. The van der Waals surface area contributed by atoms with Crippen molar-refractivity contribution in [3.8, 4) is 5.75 Å². The number of rotatable bonds is 3. The number of carbonyl (C=O) groups is 1. The maximum absolute atomic E-state index is 11.8. The minimum Gasteiger partial charge on any atom is -0.489 e. The highest BCUT2D eigenvalue weighted by atomic mass is 35.5. The molecule has 0 aliphatic carbocycles. The van der Waals surface area contributed by atoms with E-state index in [9.17, 15) is 9.59 Å². The monoisotopic (exact) mass is 259 g/mol. The molecule has 1 unspecified atom stereocenters. The van der Waals surface area contributed by atoms with E-state index in [0.29, 0.717) is 6.54 Å². The van der Waals surface area contributed by atoms with E-state index in [1.165, 1.54) is 18.0 Å². The average Bonchev–Trinajstić information content (AvgIpc) is 2.69. The molecule has 0 aromatic carbocycles. The van der Waals surface area contributed by atoms with Crippen molar-refractivity contribution in [3.05, 3.63) is 21.8 Å². The molecular formula is C9H10ClN3O4. The summed E-state index contributed by atoms with van der Waals surface area (Å²) in [5.74, 6) is -0.0218. The molecule has 7 nitrogen and oxygen atoms in total. The number of methoxy groups -OCH3 is 1. The van der Waals surface area contributed by atoms with Crippen molar-refractivity contribution in [1.82, 2.24) is 14.9 Å². The van der Waals surface area contributed by atoms with Crippen molar-refractivity contribution in [1.29, 1.82) is 0 Å². The molecule has 8 heteroatoms. The van der Waals surface area contributed by atoms with Gasteiger partial charge in [0.15, 0.2) is 5.15 Å². The molecular weight excluding hydrogens is 250 g/mol. The third kappa shape index (κ3) is 2.33. The van der Waals surface area contributed by atoms with E-state index in [2.05, 4.69) is 10.3 Å². The van der Waals surface area contributed by atoms with Gasteiger partial charge in [-0.25, -0.2) is 9.78 Å². The van der Waals surface area contributed by atoms with Crippen molar-refractivity contribution in [2.45, 2.75) is 12.6 Å². The number of aromatic nitrogens is 2. The van der Waals surface area contributed by atoms with Gasteiger partial charge in [0.05, 0.1) is 26.5 Å². The lowest BCUT2D eigenvalue weighted by molar-refractivity contribution is 0.130. The summed E-state index contributed by atoms with van der Waals surface area (Å²) in [7, 11) is 1.34. The summed E-state index contributed by atoms with van der Waals surface area (Å²) >= 11 is 5.69. The molecule has 1 amide bonds. The van der Waals surface area contributed by atoms with Crippen LogP contribution in [-0.2, 0) is 11.3 Å². The first-order valence-electron chi connectivity index (χ1n) is 4.85. The highest BCUT2D eigenvalue weighted by Gasteiger charge is 2.24. The van der Waals surface area contributed by atoms with Crippen LogP contribution in [0.25, 0.3) is 0 Å². The second-order valence-corrected chi connectivity index (χ2v) is 3.79. The van der Waals surface area contributed by atoms with Gasteiger partial charge in [-0.15, -0.1) is 0 Å². The number of amides is 1. The Hall–Kier alpha value is -1.76. The Balaban J connectivity index is 2.22. The van der Waals surface area contributed by atoms with Crippen LogP contribution in [0.4, 0.5) is 4.79 Å². The predicted molar refractivity (Wildman–Crippen MR) is 58.3 cm³/mol. The number of hydrogen-bond donors (Lipinski definition) is 1. The summed E-state index contributed by atoms with van der Waals surface area (Å²) in [5, 5.41) is 2.50. The van der Waals surface area contributed by atoms with E-state index in [-0.39, 0.29) is 17.4 Å². The number of hydrogen-bond acceptors (Lipinski definition) is 5. The summed E-state index contributed by atoms with van der Waals surface area (Å²) < 4.78 is 11.1. The number of ether oxygens (including phenoxy) is 2. The van der Waals surface area contributed by atoms with E-state index in [0.717, 1.165) is 0 Å². The molecule has 0 bridgehead atoms. The van der Waals surface area contributed by atoms with Gasteiger partial charge in [0.2, 0.25) is 5.75 Å². The highest BCUT2D eigenvalue weighted by Crippen LogP contribution is 2.15. The van der Waals surface area contributed by atoms with Crippen LogP contribution in [0, 0.1) is 0 Å². The third-order valence-corrected chi connectivity index (χ3v) is 2.57. The van der Waals surface area contributed by atoms with Gasteiger partial charge in [0, 0.05) is 0 Å². The number of carbonyl (C=O) groups excluding carboxylic acids is 1. The van der Waals surface area contributed by atoms with Gasteiger partial charge < -0.3 is 14.8 Å². The topological polar surface area (TPSA) is 82.4 Å². The molecule has 2 rings (SSSR count). The molecule has 2 heterocycles. The minimum absolute atomic E-state index is 0.00953. The number of halogens is 1. The lowest BCUT2D eigenvalue weighted by Gasteiger charge is -2.11. The lowest BCUT2D eigenvalue weighted by atomic mass is 10.3. The summed E-state index contributed by atoms with van der Waals surface area (Å²) in [4.78, 5) is 26.5. The number of nitrogens with zero attached hydrogens (tertiary/aromatic N) is 2. The van der Waals surface area contributed by atoms with Crippen LogP contribution >= 0.6 is 11.6 Å². The first kappa shape index (κ1) is 11.7. The molecule has 1 fully saturated rings. The normalized spacial score (nSPS) is 18.7. The van der Waals surface area contributed by atoms with Crippen LogP contribution in [-0.4, -0.2) is 35.4 Å². The summed E-state index contributed by atoms with van der Waals surface area (Å²) in [6.45, 7) is 0.564. The van der Waals surface area contributed by atoms with Gasteiger partial charge in [0.25, 0.3) is 5.56 Å². The fourth-order valence-corrected chi connectivity index (χ4v) is 1.71. The molecule has 1 N–H and O–H groups in total. The van der Waals surface area contributed by atoms with Crippen molar-refractivity contribution in [3.63, 3.8) is 0 Å². The van der Waals surface area contributed by atoms with Crippen LogP contribution in [0.5, 0.6) is 5.75 Å². The van der Waals surface area contributed by atoms with E-state index in [4.69, 9.17) is 21.1 Å². The molecule has 1 aliphatic heterocycles. The number of nitrogens with one attached hydrogen (secondary N) is 1. The molecule has 1 atom stereocenters. The Morgan fingerprint density at radius 1 is 1.71 bits per heavy atom. The SMILES string of the molecule is COc1c(Cl)ncn(CC2CNC(=O)O2)c1=O. The molecule has 17 heavy (non-hydrogen) atoms. The van der Waals surface area contributed by atoms with Crippen LogP contribution in [0.2, 0.25) is 5.15 Å². The summed E-state index contributed by atoms with van der Waals surface area (Å²) in [5.41, 5.74) is -0.407. The van der Waals surface area contributed by atoms with Gasteiger partial charge in [-0.05, 0) is 0 Å². The molecule has 0 radical (unpaired) electrons. The third-order valence-electron chi connectivity index (χ3n) is 2.31. The van der Waals surface area contributed by atoms with Crippen molar-refractivity contribution >= 4 is 17.7 Å². The van der Waals surface area contributed by atoms with E-state index in [1.54, 1.807) is 0 Å². The van der Waals surface area contributed by atoms with Gasteiger partial charge in [-0.1, -0.05) is 11.6 Å². The van der Waals surface area contributed by atoms with Crippen LogP contribution in [0.1, 0.15) is 0 Å². The number of cyclic esters (lactones) is 1. The average molecular weight is 260 g/mol. The Labute approximate surface area is 101 Å². The molecule has 0 saturated carbocycles. The molecule has 1 saturated heterocycles. The van der Waals surface area contributed by atoms with Gasteiger partial charge >= 0.3 is 6.09 Å². The fraction of sp³-hybridized carbons (Fsp3) is 0.444. The van der Waals surface area contributed by atoms with E-state index < -0.39 is 17.8 Å². The molecule has 1 aliphatic rings. The Kier molecular flexibility index (Phi) is 3.19. The molecule has 92 valence electrons. The standard InChI is InChI=1S/C9H10ClN3O4/c1-16-6-7(10)12-4-13(8(6)14)3-5-2-11-9(15)17-5/h4-5H,2-3H2,1H3,(H,11,15). The largest absolute Gasteiger partial charge is 0.489 e. The maximum Gasteiger partial charge on any atom is 0.407 e. The number of alkyl carbamates (subject to hydrolysis) is 1. The van der Waals surface area contributed by atoms with Crippen molar-refractivity contribution < 1.29 is 14.3 Å². The lowest BCUT2D eigenvalue weighted by Crippen LogP contribution is -2.29. The van der Waals surface area contributed by atoms with Crippen LogP contribution in [0.3, 0.4) is 0 Å². The Morgan fingerprint density at radius 2 is 2.47 bits per heavy atom. The minimum atomic E-state index is -0.489. The maximum atomic E-state index is 11.8. The van der Waals surface area contributed by atoms with Crippen LogP contribution in [0.15, 0.2) is 11.1 Å². The van der Waals surface area contributed by atoms with Crippen molar-refractivity contribution in [2.75, 3.05) is 13.7 Å². The highest BCUT2D eigenvalue weighted by molar-refractivity contribution is 6.30. The van der Waals surface area contributed by atoms with Gasteiger partial charge in [-0.2, -0.15) is 0 Å². The summed E-state index contributed by atoms with van der Waals surface area (Å²) in [6.07, 6.45) is 0.407. The molecule has 1 aromatic rings. The van der Waals surface area contributed by atoms with Crippen molar-refractivity contribution in [2.24, 2.45) is 0 Å². The zero-order valence-electron chi connectivity index (χ0n) is 8.97. The van der Waals surface area contributed by atoms with E-state index >= 15 is 0 Å².